The molecule has 3 rings (SSSR count). The van der Waals surface area contributed by atoms with E-state index in [-0.39, 0.29) is 23.3 Å². The van der Waals surface area contributed by atoms with Gasteiger partial charge in [0.25, 0.3) is 5.91 Å². The van der Waals surface area contributed by atoms with E-state index in [2.05, 4.69) is 69.2 Å². The summed E-state index contributed by atoms with van der Waals surface area (Å²) in [7, 11) is 0. The van der Waals surface area contributed by atoms with E-state index < -0.39 is 0 Å². The molecule has 1 amide bonds. The molecule has 0 aliphatic heterocycles. The molecule has 4 nitrogen and oxygen atoms in total. The zero-order valence-electron chi connectivity index (χ0n) is 19.1. The first-order valence-electron chi connectivity index (χ1n) is 10.6. The third kappa shape index (κ3) is 7.21. The Morgan fingerprint density at radius 3 is 2.32 bits per heavy atom. The van der Waals surface area contributed by atoms with Crippen LogP contribution >= 0.6 is 11.3 Å². The Labute approximate surface area is 189 Å². The van der Waals surface area contributed by atoms with Gasteiger partial charge in [0.2, 0.25) is 0 Å². The first kappa shape index (κ1) is 23.0. The number of aromatic nitrogens is 1. The number of amides is 1. The lowest BCUT2D eigenvalue weighted by Gasteiger charge is -2.33. The van der Waals surface area contributed by atoms with Crippen LogP contribution in [-0.2, 0) is 16.6 Å². The zero-order valence-corrected chi connectivity index (χ0v) is 19.9. The Kier molecular flexibility index (Phi) is 7.16. The van der Waals surface area contributed by atoms with Crippen LogP contribution in [0.2, 0.25) is 0 Å². The number of thiazole rings is 1. The van der Waals surface area contributed by atoms with E-state index in [9.17, 15) is 4.79 Å². The molecule has 0 saturated heterocycles. The molecule has 0 radical (unpaired) electrons. The van der Waals surface area contributed by atoms with Crippen molar-refractivity contribution in [3.8, 4) is 5.75 Å². The van der Waals surface area contributed by atoms with E-state index in [0.29, 0.717) is 10.9 Å². The number of benzene rings is 2. The lowest BCUT2D eigenvalue weighted by molar-refractivity contribution is -0.118. The normalized spacial score (nSPS) is 11.9. The molecule has 0 fully saturated rings. The van der Waals surface area contributed by atoms with E-state index in [4.69, 9.17) is 4.74 Å². The minimum absolute atomic E-state index is 0.0433. The summed E-state index contributed by atoms with van der Waals surface area (Å²) < 4.78 is 5.68. The summed E-state index contributed by atoms with van der Waals surface area (Å²) in [5, 5.41) is 3.42. The third-order valence-corrected chi connectivity index (χ3v) is 5.91. The summed E-state index contributed by atoms with van der Waals surface area (Å²) in [6.45, 7) is 11.3. The molecule has 0 spiro atoms. The lowest BCUT2D eigenvalue weighted by Crippen LogP contribution is -2.24. The van der Waals surface area contributed by atoms with Crippen LogP contribution in [-0.4, -0.2) is 17.5 Å². The molecule has 0 atom stereocenters. The van der Waals surface area contributed by atoms with Crippen LogP contribution in [0.15, 0.2) is 60.8 Å². The average molecular weight is 437 g/mol. The van der Waals surface area contributed by atoms with E-state index in [1.807, 2.05) is 36.5 Å². The quantitative estimate of drug-likeness (QED) is 0.440. The largest absolute Gasteiger partial charge is 0.484 e. The first-order valence-corrected chi connectivity index (χ1v) is 11.4. The molecule has 1 heterocycles. The predicted molar refractivity (Wildman–Crippen MR) is 129 cm³/mol. The molecule has 3 aromatic rings. The molecular weight excluding hydrogens is 404 g/mol. The minimum atomic E-state index is -0.210. The van der Waals surface area contributed by atoms with Crippen LogP contribution in [0, 0.1) is 5.41 Å². The maximum atomic E-state index is 12.3. The van der Waals surface area contributed by atoms with E-state index in [1.165, 1.54) is 22.5 Å². The molecule has 0 aliphatic carbocycles. The van der Waals surface area contributed by atoms with Gasteiger partial charge in [-0.25, -0.2) is 4.98 Å². The fourth-order valence-corrected chi connectivity index (χ4v) is 4.84. The molecule has 0 bridgehead atoms. The van der Waals surface area contributed by atoms with Crippen molar-refractivity contribution in [3.05, 3.63) is 76.8 Å². The van der Waals surface area contributed by atoms with Crippen LogP contribution in [0.5, 0.6) is 5.75 Å². The molecule has 5 heteroatoms. The fourth-order valence-electron chi connectivity index (χ4n) is 3.98. The van der Waals surface area contributed by atoms with E-state index >= 15 is 0 Å². The second-order valence-electron chi connectivity index (χ2n) is 9.78. The van der Waals surface area contributed by atoms with Gasteiger partial charge in [-0.15, -0.1) is 11.3 Å². The molecule has 0 unspecified atom stereocenters. The Hall–Kier alpha value is -2.66. The Balaban J connectivity index is 1.50. The van der Waals surface area contributed by atoms with Crippen LogP contribution in [0.1, 0.15) is 57.0 Å². The highest BCUT2D eigenvalue weighted by molar-refractivity contribution is 7.15. The van der Waals surface area contributed by atoms with Crippen molar-refractivity contribution in [1.29, 1.82) is 0 Å². The van der Waals surface area contributed by atoms with Crippen LogP contribution in [0.25, 0.3) is 0 Å². The molecule has 0 saturated carbocycles. The van der Waals surface area contributed by atoms with Crippen molar-refractivity contribution in [3.63, 3.8) is 0 Å². The zero-order chi connectivity index (χ0) is 22.5. The number of hydrogen-bond acceptors (Lipinski definition) is 4. The third-order valence-electron chi connectivity index (χ3n) is 5.00. The monoisotopic (exact) mass is 436 g/mol. The van der Waals surface area contributed by atoms with Gasteiger partial charge in [-0.2, -0.15) is 0 Å². The van der Waals surface area contributed by atoms with Crippen LogP contribution in [0.3, 0.4) is 0 Å². The molecule has 0 aliphatic rings. The van der Waals surface area contributed by atoms with Crippen LogP contribution in [0.4, 0.5) is 5.13 Å². The van der Waals surface area contributed by atoms with Gasteiger partial charge < -0.3 is 4.74 Å². The average Bonchev–Trinajstić information content (AvgIpc) is 3.12. The molecule has 164 valence electrons. The number of nitrogens with one attached hydrogen (secondary N) is 1. The smallest absolute Gasteiger partial charge is 0.264 e. The maximum Gasteiger partial charge on any atom is 0.264 e. The standard InChI is InChI=1S/C26H32N2O2S/c1-25(2,3)18-26(4,5)20-11-13-21(14-12-20)30-17-23(29)28-24-27-16-22(31-24)15-19-9-7-6-8-10-19/h6-14,16H,15,17-18H2,1-5H3,(H,27,28,29). The Morgan fingerprint density at radius 1 is 1.00 bits per heavy atom. The van der Waals surface area contributed by atoms with Crippen molar-refractivity contribution in [1.82, 2.24) is 4.98 Å². The number of hydrogen-bond donors (Lipinski definition) is 1. The summed E-state index contributed by atoms with van der Waals surface area (Å²) in [6.07, 6.45) is 3.71. The number of carbonyl (C=O) groups excluding carboxylic acids is 1. The van der Waals surface area contributed by atoms with Gasteiger partial charge in [0, 0.05) is 17.5 Å². The van der Waals surface area contributed by atoms with E-state index in [0.717, 1.165) is 17.7 Å². The Bertz CT molecular complexity index is 986. The number of ether oxygens (including phenoxy) is 1. The predicted octanol–water partition coefficient (Wildman–Crippen LogP) is 6.47. The summed E-state index contributed by atoms with van der Waals surface area (Å²) in [5.74, 6) is 0.479. The molecule has 2 aromatic carbocycles. The molecule has 1 aromatic heterocycles. The highest BCUT2D eigenvalue weighted by atomic mass is 32.1. The number of rotatable bonds is 8. The van der Waals surface area contributed by atoms with E-state index in [1.54, 1.807) is 0 Å². The second-order valence-corrected chi connectivity index (χ2v) is 10.9. The minimum Gasteiger partial charge on any atom is -0.484 e. The van der Waals surface area contributed by atoms with Gasteiger partial charge in [0.05, 0.1) is 0 Å². The van der Waals surface area contributed by atoms with Gasteiger partial charge in [-0.3, -0.25) is 10.1 Å². The fraction of sp³-hybridized carbons (Fsp3) is 0.385. The maximum absolute atomic E-state index is 12.3. The SMILES string of the molecule is CC(C)(C)CC(C)(C)c1ccc(OCC(=O)Nc2ncc(Cc3ccccc3)s2)cc1. The highest BCUT2D eigenvalue weighted by Gasteiger charge is 2.27. The number of nitrogens with zero attached hydrogens (tertiary/aromatic N) is 1. The summed E-state index contributed by atoms with van der Waals surface area (Å²) in [6, 6.07) is 18.3. The first-order chi connectivity index (χ1) is 14.6. The molecule has 31 heavy (non-hydrogen) atoms. The van der Waals surface area contributed by atoms with Crippen molar-refractivity contribution in [2.45, 2.75) is 52.9 Å². The van der Waals surface area contributed by atoms with Gasteiger partial charge in [-0.05, 0) is 40.5 Å². The summed E-state index contributed by atoms with van der Waals surface area (Å²) in [4.78, 5) is 17.7. The molecule has 1 N–H and O–H groups in total. The van der Waals surface area contributed by atoms with Gasteiger partial charge in [0.15, 0.2) is 11.7 Å². The highest BCUT2D eigenvalue weighted by Crippen LogP contribution is 2.36. The Morgan fingerprint density at radius 2 is 1.68 bits per heavy atom. The van der Waals surface area contributed by atoms with Crippen molar-refractivity contribution in [2.75, 3.05) is 11.9 Å². The summed E-state index contributed by atoms with van der Waals surface area (Å²) >= 11 is 1.49. The molecular formula is C26H32N2O2S. The topological polar surface area (TPSA) is 51.2 Å². The van der Waals surface area contributed by atoms with Gasteiger partial charge in [-0.1, -0.05) is 77.1 Å². The second kappa shape index (κ2) is 9.65. The van der Waals surface area contributed by atoms with Crippen LogP contribution < -0.4 is 10.1 Å². The van der Waals surface area contributed by atoms with Crippen molar-refractivity contribution in [2.24, 2.45) is 5.41 Å². The number of carbonyl (C=O) groups is 1. The summed E-state index contributed by atoms with van der Waals surface area (Å²) in [5.41, 5.74) is 2.83. The van der Waals surface area contributed by atoms with Gasteiger partial charge in [0.1, 0.15) is 5.75 Å². The van der Waals surface area contributed by atoms with Gasteiger partial charge >= 0.3 is 0 Å². The number of anilines is 1. The van der Waals surface area contributed by atoms with Crippen molar-refractivity contribution < 1.29 is 9.53 Å². The lowest BCUT2D eigenvalue weighted by atomic mass is 9.72. The van der Waals surface area contributed by atoms with Crippen molar-refractivity contribution >= 4 is 22.4 Å².